The number of benzene rings is 1. The second-order valence-corrected chi connectivity index (χ2v) is 7.11. The molecule has 138 valence electrons. The first kappa shape index (κ1) is 18.4. The van der Waals surface area contributed by atoms with Gasteiger partial charge < -0.3 is 5.32 Å². The van der Waals surface area contributed by atoms with Crippen LogP contribution in [0.1, 0.15) is 32.6 Å². The van der Waals surface area contributed by atoms with E-state index < -0.39 is 30.3 Å². The maximum atomic E-state index is 12.6. The van der Waals surface area contributed by atoms with E-state index in [1.165, 1.54) is 0 Å². The first-order chi connectivity index (χ1) is 12.4. The molecule has 2 fully saturated rings. The van der Waals surface area contributed by atoms with Gasteiger partial charge in [-0.1, -0.05) is 43.5 Å². The zero-order chi connectivity index (χ0) is 18.8. The molecular weight excluding hydrogens is 358 g/mol. The maximum absolute atomic E-state index is 12.6. The first-order valence-electron chi connectivity index (χ1n) is 8.63. The molecule has 0 spiro atoms. The molecule has 8 heteroatoms. The van der Waals surface area contributed by atoms with Crippen LogP contribution >= 0.6 is 11.6 Å². The summed E-state index contributed by atoms with van der Waals surface area (Å²) in [5.74, 6) is -2.26. The molecular formula is C18H20ClN3O4. The highest BCUT2D eigenvalue weighted by molar-refractivity contribution is 6.45. The van der Waals surface area contributed by atoms with Crippen LogP contribution < -0.4 is 5.32 Å². The molecule has 7 nitrogen and oxygen atoms in total. The molecule has 1 aromatic rings. The fourth-order valence-corrected chi connectivity index (χ4v) is 3.71. The molecule has 0 unspecified atom stereocenters. The summed E-state index contributed by atoms with van der Waals surface area (Å²) in [5, 5.41) is 2.89. The number of nitrogens with one attached hydrogen (secondary N) is 1. The Morgan fingerprint density at radius 2 is 1.85 bits per heavy atom. The molecule has 2 aliphatic rings. The van der Waals surface area contributed by atoms with Gasteiger partial charge in [-0.15, -0.1) is 0 Å². The lowest BCUT2D eigenvalue weighted by atomic mass is 9.85. The number of imide groups is 2. The van der Waals surface area contributed by atoms with Crippen LogP contribution in [-0.2, 0) is 14.4 Å². The lowest BCUT2D eigenvalue weighted by Gasteiger charge is -2.34. The minimum Gasteiger partial charge on any atom is -0.323 e. The molecule has 1 aliphatic carbocycles. The standard InChI is InChI=1S/C18H20ClN3O4/c1-11-6-2-5-9-14(11)22-17(25)16(24)21(18(22)26)10-15(23)20-13-8-4-3-7-12(13)19/h3-4,7-8,11,14H,2,5-6,9-10H2,1H3,(H,20,23)/t11-,14-/m0/s1. The molecule has 5 amide bonds. The van der Waals surface area contributed by atoms with Crippen molar-refractivity contribution < 1.29 is 19.2 Å². The van der Waals surface area contributed by atoms with Crippen molar-refractivity contribution in [2.75, 3.05) is 11.9 Å². The molecule has 3 rings (SSSR count). The van der Waals surface area contributed by atoms with Gasteiger partial charge in [0.2, 0.25) is 5.91 Å². The number of nitrogens with zero attached hydrogens (tertiary/aromatic N) is 2. The quantitative estimate of drug-likeness (QED) is 0.645. The molecule has 0 radical (unpaired) electrons. The van der Waals surface area contributed by atoms with Crippen LogP contribution in [0.2, 0.25) is 5.02 Å². The van der Waals surface area contributed by atoms with Crippen molar-refractivity contribution in [2.45, 2.75) is 38.6 Å². The predicted molar refractivity (Wildman–Crippen MR) is 95.5 cm³/mol. The van der Waals surface area contributed by atoms with Crippen LogP contribution in [-0.4, -0.2) is 46.1 Å². The third-order valence-electron chi connectivity index (χ3n) is 4.93. The van der Waals surface area contributed by atoms with Gasteiger partial charge in [-0.3, -0.25) is 19.3 Å². The van der Waals surface area contributed by atoms with Gasteiger partial charge in [0.05, 0.1) is 10.7 Å². The Morgan fingerprint density at radius 1 is 1.15 bits per heavy atom. The fraction of sp³-hybridized carbons (Fsp3) is 0.444. The number of halogens is 1. The van der Waals surface area contributed by atoms with Crippen molar-refractivity contribution in [1.82, 2.24) is 9.80 Å². The Kier molecular flexibility index (Phi) is 5.27. The molecule has 1 heterocycles. The van der Waals surface area contributed by atoms with E-state index in [0.29, 0.717) is 22.0 Å². The monoisotopic (exact) mass is 377 g/mol. The fourth-order valence-electron chi connectivity index (χ4n) is 3.53. The van der Waals surface area contributed by atoms with Crippen LogP contribution in [0.15, 0.2) is 24.3 Å². The number of rotatable bonds is 4. The first-order valence-corrected chi connectivity index (χ1v) is 9.01. The highest BCUT2D eigenvalue weighted by Gasteiger charge is 2.49. The Bertz CT molecular complexity index is 767. The molecule has 2 atom stereocenters. The maximum Gasteiger partial charge on any atom is 0.334 e. The molecule has 1 saturated carbocycles. The SMILES string of the molecule is C[C@H]1CCCC[C@@H]1N1C(=O)C(=O)N(CC(=O)Nc2ccccc2Cl)C1=O. The van der Waals surface area contributed by atoms with E-state index in [-0.39, 0.29) is 12.0 Å². The number of hydrogen-bond acceptors (Lipinski definition) is 4. The number of anilines is 1. The summed E-state index contributed by atoms with van der Waals surface area (Å²) < 4.78 is 0. The minimum atomic E-state index is -0.956. The predicted octanol–water partition coefficient (Wildman–Crippen LogP) is 2.65. The third kappa shape index (κ3) is 3.44. The smallest absolute Gasteiger partial charge is 0.323 e. The van der Waals surface area contributed by atoms with Gasteiger partial charge in [0.15, 0.2) is 0 Å². The van der Waals surface area contributed by atoms with Gasteiger partial charge in [0, 0.05) is 6.04 Å². The number of urea groups is 1. The average molecular weight is 378 g/mol. The Hall–Kier alpha value is -2.41. The van der Waals surface area contributed by atoms with E-state index >= 15 is 0 Å². The van der Waals surface area contributed by atoms with Gasteiger partial charge in [-0.05, 0) is 30.9 Å². The minimum absolute atomic E-state index is 0.140. The molecule has 0 bridgehead atoms. The molecule has 1 aromatic carbocycles. The van der Waals surface area contributed by atoms with Crippen LogP contribution in [0.4, 0.5) is 10.5 Å². The van der Waals surface area contributed by atoms with E-state index in [1.54, 1.807) is 24.3 Å². The van der Waals surface area contributed by atoms with Gasteiger partial charge in [-0.2, -0.15) is 0 Å². The summed E-state index contributed by atoms with van der Waals surface area (Å²) >= 11 is 5.98. The summed E-state index contributed by atoms with van der Waals surface area (Å²) in [6, 6.07) is 5.63. The van der Waals surface area contributed by atoms with E-state index in [1.807, 2.05) is 6.92 Å². The molecule has 1 aliphatic heterocycles. The van der Waals surface area contributed by atoms with Crippen molar-refractivity contribution in [3.63, 3.8) is 0 Å². The summed E-state index contributed by atoms with van der Waals surface area (Å²) in [6.07, 6.45) is 3.55. The second kappa shape index (κ2) is 7.45. The van der Waals surface area contributed by atoms with Crippen LogP contribution in [0, 0.1) is 5.92 Å². The van der Waals surface area contributed by atoms with Crippen molar-refractivity contribution in [1.29, 1.82) is 0 Å². The van der Waals surface area contributed by atoms with Crippen molar-refractivity contribution in [3.8, 4) is 0 Å². The Labute approximate surface area is 156 Å². The number of para-hydroxylation sites is 1. The van der Waals surface area contributed by atoms with Crippen LogP contribution in [0.5, 0.6) is 0 Å². The molecule has 1 saturated heterocycles. The normalized spacial score (nSPS) is 23.5. The zero-order valence-electron chi connectivity index (χ0n) is 14.4. The summed E-state index contributed by atoms with van der Waals surface area (Å²) in [6.45, 7) is 1.45. The molecule has 26 heavy (non-hydrogen) atoms. The summed E-state index contributed by atoms with van der Waals surface area (Å²) in [7, 11) is 0. The van der Waals surface area contributed by atoms with Gasteiger partial charge in [0.25, 0.3) is 0 Å². The van der Waals surface area contributed by atoms with Crippen molar-refractivity contribution >= 4 is 41.0 Å². The summed E-state index contributed by atoms with van der Waals surface area (Å²) in [4.78, 5) is 51.2. The molecule has 1 N–H and O–H groups in total. The Morgan fingerprint density at radius 3 is 2.54 bits per heavy atom. The number of hydrogen-bond donors (Lipinski definition) is 1. The third-order valence-corrected chi connectivity index (χ3v) is 5.26. The summed E-state index contributed by atoms with van der Waals surface area (Å²) in [5.41, 5.74) is 0.377. The Balaban J connectivity index is 1.71. The van der Waals surface area contributed by atoms with E-state index in [9.17, 15) is 19.2 Å². The van der Waals surface area contributed by atoms with Crippen molar-refractivity contribution in [3.05, 3.63) is 29.3 Å². The van der Waals surface area contributed by atoms with Gasteiger partial charge >= 0.3 is 17.8 Å². The van der Waals surface area contributed by atoms with E-state index in [0.717, 1.165) is 24.2 Å². The molecule has 0 aromatic heterocycles. The topological polar surface area (TPSA) is 86.8 Å². The number of carbonyl (C=O) groups excluding carboxylic acids is 4. The van der Waals surface area contributed by atoms with Crippen LogP contribution in [0.25, 0.3) is 0 Å². The highest BCUT2D eigenvalue weighted by Crippen LogP contribution is 2.31. The number of amides is 5. The van der Waals surface area contributed by atoms with Gasteiger partial charge in [0.1, 0.15) is 6.54 Å². The van der Waals surface area contributed by atoms with E-state index in [4.69, 9.17) is 11.6 Å². The zero-order valence-corrected chi connectivity index (χ0v) is 15.2. The van der Waals surface area contributed by atoms with Crippen molar-refractivity contribution in [2.24, 2.45) is 5.92 Å². The second-order valence-electron chi connectivity index (χ2n) is 6.71. The highest BCUT2D eigenvalue weighted by atomic mass is 35.5. The largest absolute Gasteiger partial charge is 0.334 e. The number of carbonyl (C=O) groups is 4. The average Bonchev–Trinajstić information content (AvgIpc) is 2.81. The lowest BCUT2D eigenvalue weighted by Crippen LogP contribution is -2.46. The van der Waals surface area contributed by atoms with E-state index in [2.05, 4.69) is 5.32 Å². The van der Waals surface area contributed by atoms with Crippen LogP contribution in [0.3, 0.4) is 0 Å². The van der Waals surface area contributed by atoms with Gasteiger partial charge in [-0.25, -0.2) is 9.69 Å². The lowest BCUT2D eigenvalue weighted by molar-refractivity contribution is -0.145.